The molecule has 0 spiro atoms. The Labute approximate surface area is 176 Å². The lowest BCUT2D eigenvalue weighted by Crippen LogP contribution is -2.41. The Morgan fingerprint density at radius 2 is 1.86 bits per heavy atom. The lowest BCUT2D eigenvalue weighted by Gasteiger charge is -2.40. The van der Waals surface area contributed by atoms with Crippen LogP contribution in [0.25, 0.3) is 11.3 Å². The number of hydrogen-bond donors (Lipinski definition) is 1. The summed E-state index contributed by atoms with van der Waals surface area (Å²) in [6.45, 7) is 2.64. The largest absolute Gasteiger partial charge is 0.330 e. The Kier molecular flexibility index (Phi) is 5.57. The second-order valence-corrected chi connectivity index (χ2v) is 8.48. The van der Waals surface area contributed by atoms with Crippen LogP contribution in [-0.2, 0) is 5.41 Å². The van der Waals surface area contributed by atoms with E-state index in [1.165, 1.54) is 5.56 Å². The molecule has 29 heavy (non-hydrogen) atoms. The summed E-state index contributed by atoms with van der Waals surface area (Å²) in [6.07, 6.45) is 3.57. The van der Waals surface area contributed by atoms with E-state index in [0.29, 0.717) is 6.54 Å². The molecule has 4 rings (SSSR count). The van der Waals surface area contributed by atoms with Crippen LogP contribution >= 0.6 is 11.6 Å². The van der Waals surface area contributed by atoms with Crippen LogP contribution in [-0.4, -0.2) is 16.3 Å². The molecule has 3 aromatic rings. The van der Waals surface area contributed by atoms with Crippen molar-refractivity contribution in [2.24, 2.45) is 5.73 Å². The molecule has 1 aliphatic carbocycles. The van der Waals surface area contributed by atoms with Crippen LogP contribution < -0.4 is 11.3 Å². The molecule has 2 N–H and O–H groups in total. The van der Waals surface area contributed by atoms with E-state index < -0.39 is 0 Å². The number of halogens is 1. The standard InChI is InChI=1S/C24H26ClN3O/c1-17-5-2-3-8-21(17)22-9-10-23(29)28(27-22)20-11-13-24(16-26,14-12-20)18-6-4-7-19(25)15-18/h2-10,15,20H,11-14,16,26H2,1H3. The average Bonchev–Trinajstić information content (AvgIpc) is 2.75. The zero-order valence-electron chi connectivity index (χ0n) is 16.6. The molecule has 0 radical (unpaired) electrons. The lowest BCUT2D eigenvalue weighted by atomic mass is 9.68. The van der Waals surface area contributed by atoms with Crippen molar-refractivity contribution in [3.8, 4) is 11.3 Å². The first-order valence-electron chi connectivity index (χ1n) is 10.1. The van der Waals surface area contributed by atoms with Gasteiger partial charge in [0.15, 0.2) is 0 Å². The van der Waals surface area contributed by atoms with E-state index in [4.69, 9.17) is 22.4 Å². The van der Waals surface area contributed by atoms with Gasteiger partial charge in [-0.25, -0.2) is 4.68 Å². The lowest BCUT2D eigenvalue weighted by molar-refractivity contribution is 0.222. The molecule has 0 bridgehead atoms. The quantitative estimate of drug-likeness (QED) is 0.670. The topological polar surface area (TPSA) is 60.9 Å². The van der Waals surface area contributed by atoms with Gasteiger partial charge in [0.1, 0.15) is 0 Å². The van der Waals surface area contributed by atoms with Gasteiger partial charge in [0.2, 0.25) is 0 Å². The minimum atomic E-state index is -0.0847. The monoisotopic (exact) mass is 407 g/mol. The van der Waals surface area contributed by atoms with Gasteiger partial charge in [-0.1, -0.05) is 48.0 Å². The van der Waals surface area contributed by atoms with E-state index in [2.05, 4.69) is 19.1 Å². The van der Waals surface area contributed by atoms with Gasteiger partial charge >= 0.3 is 0 Å². The molecule has 1 aliphatic rings. The summed E-state index contributed by atoms with van der Waals surface area (Å²) in [5.74, 6) is 0. The van der Waals surface area contributed by atoms with Gasteiger partial charge < -0.3 is 5.73 Å². The maximum Gasteiger partial charge on any atom is 0.267 e. The van der Waals surface area contributed by atoms with Crippen LogP contribution in [0.2, 0.25) is 5.02 Å². The Bertz CT molecular complexity index is 1070. The summed E-state index contributed by atoms with van der Waals surface area (Å²) in [4.78, 5) is 12.6. The van der Waals surface area contributed by atoms with Gasteiger partial charge in [-0.15, -0.1) is 0 Å². The fraction of sp³-hybridized carbons (Fsp3) is 0.333. The second-order valence-electron chi connectivity index (χ2n) is 8.04. The Balaban J connectivity index is 1.61. The summed E-state index contributed by atoms with van der Waals surface area (Å²) >= 11 is 6.22. The average molecular weight is 408 g/mol. The Morgan fingerprint density at radius 1 is 1.10 bits per heavy atom. The van der Waals surface area contributed by atoms with Crippen LogP contribution in [0.4, 0.5) is 0 Å². The van der Waals surface area contributed by atoms with Crippen LogP contribution in [0.1, 0.15) is 42.9 Å². The molecule has 1 saturated carbocycles. The summed E-state index contributed by atoms with van der Waals surface area (Å²) in [5, 5.41) is 5.48. The summed E-state index contributed by atoms with van der Waals surface area (Å²) in [5.41, 5.74) is 10.3. The Morgan fingerprint density at radius 3 is 2.55 bits per heavy atom. The summed E-state index contributed by atoms with van der Waals surface area (Å²) in [6, 6.07) is 19.7. The van der Waals surface area contributed by atoms with Crippen molar-refractivity contribution in [2.45, 2.75) is 44.1 Å². The predicted molar refractivity (Wildman–Crippen MR) is 118 cm³/mol. The minimum absolute atomic E-state index is 0.0460. The number of hydrogen-bond acceptors (Lipinski definition) is 3. The number of benzene rings is 2. The first kappa shape index (κ1) is 19.9. The molecule has 4 nitrogen and oxygen atoms in total. The van der Waals surface area contributed by atoms with Crippen molar-refractivity contribution < 1.29 is 0 Å². The second kappa shape index (κ2) is 8.13. The zero-order valence-corrected chi connectivity index (χ0v) is 17.4. The van der Waals surface area contributed by atoms with Crippen molar-refractivity contribution in [2.75, 3.05) is 6.54 Å². The van der Waals surface area contributed by atoms with Crippen molar-refractivity contribution in [3.05, 3.63) is 87.2 Å². The van der Waals surface area contributed by atoms with Crippen LogP contribution in [0.3, 0.4) is 0 Å². The maximum absolute atomic E-state index is 12.6. The molecule has 0 unspecified atom stereocenters. The van der Waals surface area contributed by atoms with Crippen molar-refractivity contribution in [1.82, 2.24) is 9.78 Å². The van der Waals surface area contributed by atoms with Gasteiger partial charge in [0.25, 0.3) is 5.56 Å². The van der Waals surface area contributed by atoms with Gasteiger partial charge in [0, 0.05) is 28.6 Å². The number of nitrogens with zero attached hydrogens (tertiary/aromatic N) is 2. The molecule has 1 aromatic heterocycles. The SMILES string of the molecule is Cc1ccccc1-c1ccc(=O)n(C2CCC(CN)(c3cccc(Cl)c3)CC2)n1. The predicted octanol–water partition coefficient (Wildman–Crippen LogP) is 4.88. The van der Waals surface area contributed by atoms with Crippen molar-refractivity contribution in [3.63, 3.8) is 0 Å². The highest BCUT2D eigenvalue weighted by Crippen LogP contribution is 2.42. The molecule has 0 saturated heterocycles. The third kappa shape index (κ3) is 3.87. The van der Waals surface area contributed by atoms with E-state index in [1.807, 2.05) is 42.5 Å². The van der Waals surface area contributed by atoms with Crippen LogP contribution in [0, 0.1) is 6.92 Å². The fourth-order valence-corrected chi connectivity index (χ4v) is 4.71. The molecular weight excluding hydrogens is 382 g/mol. The molecular formula is C24H26ClN3O. The third-order valence-electron chi connectivity index (χ3n) is 6.33. The van der Waals surface area contributed by atoms with Gasteiger partial charge in [-0.3, -0.25) is 4.79 Å². The van der Waals surface area contributed by atoms with Crippen molar-refractivity contribution in [1.29, 1.82) is 0 Å². The van der Waals surface area contributed by atoms with Gasteiger partial charge in [-0.05, 0) is 61.9 Å². The van der Waals surface area contributed by atoms with E-state index >= 15 is 0 Å². The summed E-state index contributed by atoms with van der Waals surface area (Å²) < 4.78 is 1.68. The fourth-order valence-electron chi connectivity index (χ4n) is 4.52. The molecule has 2 aromatic carbocycles. The molecule has 0 amide bonds. The normalized spacial score (nSPS) is 21.8. The number of aryl methyl sites for hydroxylation is 1. The molecule has 1 heterocycles. The summed E-state index contributed by atoms with van der Waals surface area (Å²) in [7, 11) is 0. The maximum atomic E-state index is 12.6. The molecule has 150 valence electrons. The first-order valence-corrected chi connectivity index (χ1v) is 10.5. The zero-order chi connectivity index (χ0) is 20.4. The first-order chi connectivity index (χ1) is 14.0. The van der Waals surface area contributed by atoms with Crippen LogP contribution in [0.5, 0.6) is 0 Å². The van der Waals surface area contributed by atoms with Gasteiger partial charge in [0.05, 0.1) is 11.7 Å². The van der Waals surface area contributed by atoms with Gasteiger partial charge in [-0.2, -0.15) is 5.10 Å². The van der Waals surface area contributed by atoms with E-state index in [0.717, 1.165) is 47.5 Å². The molecule has 5 heteroatoms. The smallest absolute Gasteiger partial charge is 0.267 e. The minimum Gasteiger partial charge on any atom is -0.330 e. The molecule has 0 atom stereocenters. The number of aromatic nitrogens is 2. The highest BCUT2D eigenvalue weighted by molar-refractivity contribution is 6.30. The van der Waals surface area contributed by atoms with E-state index in [9.17, 15) is 4.79 Å². The number of nitrogens with two attached hydrogens (primary N) is 1. The Hall–Kier alpha value is -2.43. The van der Waals surface area contributed by atoms with E-state index in [-0.39, 0.29) is 17.0 Å². The van der Waals surface area contributed by atoms with Crippen molar-refractivity contribution >= 4 is 11.6 Å². The highest BCUT2D eigenvalue weighted by Gasteiger charge is 2.37. The third-order valence-corrected chi connectivity index (χ3v) is 6.57. The molecule has 1 fully saturated rings. The van der Waals surface area contributed by atoms with Crippen LogP contribution in [0.15, 0.2) is 65.5 Å². The molecule has 0 aliphatic heterocycles. The highest BCUT2D eigenvalue weighted by atomic mass is 35.5. The number of rotatable bonds is 4. The van der Waals surface area contributed by atoms with E-state index in [1.54, 1.807) is 10.7 Å².